The van der Waals surface area contributed by atoms with Crippen molar-refractivity contribution in [1.29, 1.82) is 0 Å². The highest BCUT2D eigenvalue weighted by Gasteiger charge is 2.11. The minimum absolute atomic E-state index is 0.528. The van der Waals surface area contributed by atoms with Crippen LogP contribution in [-0.4, -0.2) is 4.57 Å². The summed E-state index contributed by atoms with van der Waals surface area (Å²) in [7, 11) is 2.02. The summed E-state index contributed by atoms with van der Waals surface area (Å²) in [4.78, 5) is 0. The van der Waals surface area contributed by atoms with Crippen LogP contribution in [0.25, 0.3) is 10.9 Å². The number of hydrogen-bond donors (Lipinski definition) is 1. The summed E-state index contributed by atoms with van der Waals surface area (Å²) in [5.41, 5.74) is 9.02. The first kappa shape index (κ1) is 9.56. The second-order valence-corrected chi connectivity index (χ2v) is 3.85. The van der Waals surface area contributed by atoms with Crippen molar-refractivity contribution < 1.29 is 0 Å². The summed E-state index contributed by atoms with van der Waals surface area (Å²) in [5, 5.41) is 1.92. The maximum absolute atomic E-state index is 6.25. The summed E-state index contributed by atoms with van der Waals surface area (Å²) in [6.07, 6.45) is 0. The lowest BCUT2D eigenvalue weighted by molar-refractivity contribution is 0.918. The lowest BCUT2D eigenvalue weighted by atomic mass is 10.1. The predicted octanol–water partition coefficient (Wildman–Crippen LogP) is 2.60. The molecule has 2 aromatic rings. The van der Waals surface area contributed by atoms with Gasteiger partial charge in [-0.15, -0.1) is 0 Å². The molecule has 0 spiro atoms. The minimum atomic E-state index is 0.528. The SMILES string of the molecule is Cc1c(Cl)c2c(CN)cccc2n1C. The second-order valence-electron chi connectivity index (χ2n) is 3.47. The maximum Gasteiger partial charge on any atom is 0.0694 e. The van der Waals surface area contributed by atoms with Gasteiger partial charge in [0.15, 0.2) is 0 Å². The summed E-state index contributed by atoms with van der Waals surface area (Å²) in [5.74, 6) is 0. The number of rotatable bonds is 1. The van der Waals surface area contributed by atoms with Crippen molar-refractivity contribution in [3.63, 3.8) is 0 Å². The average molecular weight is 209 g/mol. The zero-order chi connectivity index (χ0) is 10.3. The topological polar surface area (TPSA) is 30.9 Å². The molecule has 1 heterocycles. The molecule has 74 valence electrons. The molecular weight excluding hydrogens is 196 g/mol. The van der Waals surface area contributed by atoms with E-state index >= 15 is 0 Å². The zero-order valence-electron chi connectivity index (χ0n) is 8.34. The van der Waals surface area contributed by atoms with Crippen molar-refractivity contribution in [2.75, 3.05) is 0 Å². The molecule has 0 saturated heterocycles. The number of aromatic nitrogens is 1. The Hall–Kier alpha value is -0.990. The Morgan fingerprint density at radius 2 is 2.14 bits per heavy atom. The van der Waals surface area contributed by atoms with Crippen LogP contribution in [-0.2, 0) is 13.6 Å². The van der Waals surface area contributed by atoms with Gasteiger partial charge < -0.3 is 10.3 Å². The van der Waals surface area contributed by atoms with Crippen molar-refractivity contribution in [2.45, 2.75) is 13.5 Å². The molecule has 2 nitrogen and oxygen atoms in total. The molecular formula is C11H13ClN2. The smallest absolute Gasteiger partial charge is 0.0694 e. The van der Waals surface area contributed by atoms with Crippen LogP contribution in [0, 0.1) is 6.92 Å². The highest BCUT2D eigenvalue weighted by molar-refractivity contribution is 6.36. The normalized spacial score (nSPS) is 11.1. The van der Waals surface area contributed by atoms with Crippen molar-refractivity contribution in [3.8, 4) is 0 Å². The van der Waals surface area contributed by atoms with Gasteiger partial charge in [0, 0.05) is 30.2 Å². The molecule has 2 rings (SSSR count). The molecule has 2 N–H and O–H groups in total. The molecule has 14 heavy (non-hydrogen) atoms. The Bertz CT molecular complexity index is 485. The van der Waals surface area contributed by atoms with Crippen LogP contribution in [0.2, 0.25) is 5.02 Å². The van der Waals surface area contributed by atoms with E-state index in [4.69, 9.17) is 17.3 Å². The van der Waals surface area contributed by atoms with Crippen molar-refractivity contribution in [3.05, 3.63) is 34.5 Å². The van der Waals surface area contributed by atoms with E-state index in [0.717, 1.165) is 27.2 Å². The number of hydrogen-bond acceptors (Lipinski definition) is 1. The number of halogens is 1. The Morgan fingerprint density at radius 1 is 1.43 bits per heavy atom. The molecule has 0 radical (unpaired) electrons. The number of aryl methyl sites for hydroxylation is 1. The lowest BCUT2D eigenvalue weighted by Crippen LogP contribution is -1.96. The fourth-order valence-corrected chi connectivity index (χ4v) is 2.14. The van der Waals surface area contributed by atoms with E-state index in [9.17, 15) is 0 Å². The minimum Gasteiger partial charge on any atom is -0.346 e. The van der Waals surface area contributed by atoms with E-state index in [2.05, 4.69) is 10.6 Å². The monoisotopic (exact) mass is 208 g/mol. The fraction of sp³-hybridized carbons (Fsp3) is 0.273. The maximum atomic E-state index is 6.25. The second kappa shape index (κ2) is 3.30. The van der Waals surface area contributed by atoms with E-state index in [0.29, 0.717) is 6.54 Å². The number of fused-ring (bicyclic) bond motifs is 1. The molecule has 0 aliphatic heterocycles. The molecule has 0 unspecified atom stereocenters. The van der Waals surface area contributed by atoms with Gasteiger partial charge in [0.05, 0.1) is 5.02 Å². The standard InChI is InChI=1S/C11H13ClN2/c1-7-11(12)10-8(6-13)4-3-5-9(10)14(7)2/h3-5H,6,13H2,1-2H3. The molecule has 0 atom stereocenters. The summed E-state index contributed by atoms with van der Waals surface area (Å²) < 4.78 is 2.09. The largest absolute Gasteiger partial charge is 0.346 e. The van der Waals surface area contributed by atoms with E-state index in [1.165, 1.54) is 0 Å². The molecule has 1 aromatic heterocycles. The highest BCUT2D eigenvalue weighted by atomic mass is 35.5. The van der Waals surface area contributed by atoms with Crippen LogP contribution in [0.1, 0.15) is 11.3 Å². The molecule has 0 fully saturated rings. The van der Waals surface area contributed by atoms with Crippen LogP contribution >= 0.6 is 11.6 Å². The summed E-state index contributed by atoms with van der Waals surface area (Å²) in [6, 6.07) is 6.10. The molecule has 0 saturated carbocycles. The Kier molecular flexibility index (Phi) is 2.25. The highest BCUT2D eigenvalue weighted by Crippen LogP contribution is 2.31. The van der Waals surface area contributed by atoms with E-state index in [1.54, 1.807) is 0 Å². The van der Waals surface area contributed by atoms with Gasteiger partial charge in [-0.1, -0.05) is 23.7 Å². The van der Waals surface area contributed by atoms with E-state index < -0.39 is 0 Å². The third-order valence-corrected chi connectivity index (χ3v) is 3.21. The average Bonchev–Trinajstić information content (AvgIpc) is 2.44. The molecule has 0 aliphatic carbocycles. The zero-order valence-corrected chi connectivity index (χ0v) is 9.10. The predicted molar refractivity (Wildman–Crippen MR) is 60.6 cm³/mol. The van der Waals surface area contributed by atoms with Crippen LogP contribution in [0.4, 0.5) is 0 Å². The van der Waals surface area contributed by atoms with Gasteiger partial charge in [-0.3, -0.25) is 0 Å². The first-order valence-electron chi connectivity index (χ1n) is 4.59. The van der Waals surface area contributed by atoms with Gasteiger partial charge in [0.2, 0.25) is 0 Å². The van der Waals surface area contributed by atoms with Gasteiger partial charge in [0.25, 0.3) is 0 Å². The molecule has 0 aliphatic rings. The molecule has 0 bridgehead atoms. The van der Waals surface area contributed by atoms with Crippen LogP contribution < -0.4 is 5.73 Å². The Balaban J connectivity index is 2.94. The number of nitrogens with zero attached hydrogens (tertiary/aromatic N) is 1. The van der Waals surface area contributed by atoms with Gasteiger partial charge >= 0.3 is 0 Å². The Morgan fingerprint density at radius 3 is 2.79 bits per heavy atom. The van der Waals surface area contributed by atoms with E-state index in [-0.39, 0.29) is 0 Å². The Labute approximate surface area is 88.3 Å². The van der Waals surface area contributed by atoms with Crippen LogP contribution in [0.15, 0.2) is 18.2 Å². The summed E-state index contributed by atoms with van der Waals surface area (Å²) >= 11 is 6.25. The third-order valence-electron chi connectivity index (χ3n) is 2.75. The third kappa shape index (κ3) is 1.15. The van der Waals surface area contributed by atoms with Gasteiger partial charge in [-0.2, -0.15) is 0 Å². The number of nitrogens with two attached hydrogens (primary N) is 1. The van der Waals surface area contributed by atoms with Crippen molar-refractivity contribution in [1.82, 2.24) is 4.57 Å². The van der Waals surface area contributed by atoms with Crippen LogP contribution in [0.5, 0.6) is 0 Å². The summed E-state index contributed by atoms with van der Waals surface area (Å²) in [6.45, 7) is 2.54. The van der Waals surface area contributed by atoms with Crippen molar-refractivity contribution in [2.24, 2.45) is 12.8 Å². The van der Waals surface area contributed by atoms with Crippen LogP contribution in [0.3, 0.4) is 0 Å². The van der Waals surface area contributed by atoms with E-state index in [1.807, 2.05) is 26.1 Å². The van der Waals surface area contributed by atoms with Crippen molar-refractivity contribution >= 4 is 22.5 Å². The quantitative estimate of drug-likeness (QED) is 0.768. The van der Waals surface area contributed by atoms with Gasteiger partial charge in [0.1, 0.15) is 0 Å². The molecule has 1 aromatic carbocycles. The first-order valence-corrected chi connectivity index (χ1v) is 4.97. The molecule has 3 heteroatoms. The number of benzene rings is 1. The lowest BCUT2D eigenvalue weighted by Gasteiger charge is -2.00. The fourth-order valence-electron chi connectivity index (χ4n) is 1.80. The molecule has 0 amide bonds. The first-order chi connectivity index (χ1) is 6.66. The van der Waals surface area contributed by atoms with Gasteiger partial charge in [-0.25, -0.2) is 0 Å². The van der Waals surface area contributed by atoms with Gasteiger partial charge in [-0.05, 0) is 18.6 Å².